The number of amides is 1. The minimum absolute atomic E-state index is 0.205. The number of hydrogen-bond acceptors (Lipinski definition) is 2. The van der Waals surface area contributed by atoms with Gasteiger partial charge < -0.3 is 15.7 Å². The van der Waals surface area contributed by atoms with E-state index in [0.717, 1.165) is 25.7 Å². The van der Waals surface area contributed by atoms with Crippen molar-refractivity contribution in [2.24, 2.45) is 5.73 Å². The Morgan fingerprint density at radius 1 is 1.33 bits per heavy atom. The van der Waals surface area contributed by atoms with E-state index in [-0.39, 0.29) is 18.1 Å². The molecule has 4 heteroatoms. The third-order valence-corrected chi connectivity index (χ3v) is 2.99. The number of hydrogen-bond donors (Lipinski definition) is 2. The summed E-state index contributed by atoms with van der Waals surface area (Å²) in [7, 11) is 0. The highest BCUT2D eigenvalue weighted by molar-refractivity contribution is 5.66. The topological polar surface area (TPSA) is 66.6 Å². The van der Waals surface area contributed by atoms with Gasteiger partial charge >= 0.3 is 6.09 Å². The molecular formula is C8H14N2O2. The van der Waals surface area contributed by atoms with E-state index in [9.17, 15) is 4.79 Å². The fourth-order valence-electron chi connectivity index (χ4n) is 2.53. The molecule has 4 nitrogen and oxygen atoms in total. The lowest BCUT2D eigenvalue weighted by atomic mass is 9.99. The molecular weight excluding hydrogens is 156 g/mol. The molecule has 68 valence electrons. The molecule has 2 aliphatic heterocycles. The number of nitrogens with zero attached hydrogens (tertiary/aromatic N) is 1. The number of fused-ring (bicyclic) bond motifs is 2. The minimum Gasteiger partial charge on any atom is -0.465 e. The van der Waals surface area contributed by atoms with Crippen LogP contribution in [0.4, 0.5) is 4.79 Å². The molecule has 0 aromatic heterocycles. The van der Waals surface area contributed by atoms with Crippen LogP contribution in [0.25, 0.3) is 0 Å². The summed E-state index contributed by atoms with van der Waals surface area (Å²) in [4.78, 5) is 12.4. The lowest BCUT2D eigenvalue weighted by molar-refractivity contribution is 0.0973. The van der Waals surface area contributed by atoms with Crippen molar-refractivity contribution in [1.82, 2.24) is 4.90 Å². The Morgan fingerprint density at radius 3 is 2.25 bits per heavy atom. The van der Waals surface area contributed by atoms with Crippen LogP contribution in [0.1, 0.15) is 25.7 Å². The lowest BCUT2D eigenvalue weighted by Gasteiger charge is -2.35. The Morgan fingerprint density at radius 2 is 1.83 bits per heavy atom. The van der Waals surface area contributed by atoms with Crippen molar-refractivity contribution in [2.45, 2.75) is 43.8 Å². The Hall–Kier alpha value is -0.770. The van der Waals surface area contributed by atoms with Gasteiger partial charge in [0, 0.05) is 18.1 Å². The normalized spacial score (nSPS) is 40.1. The van der Waals surface area contributed by atoms with E-state index in [4.69, 9.17) is 10.8 Å². The van der Waals surface area contributed by atoms with Crippen molar-refractivity contribution < 1.29 is 9.90 Å². The largest absolute Gasteiger partial charge is 0.465 e. The predicted octanol–water partition coefficient (Wildman–Crippen LogP) is 0.618. The maximum absolute atomic E-state index is 10.8. The first-order valence-corrected chi connectivity index (χ1v) is 4.45. The third kappa shape index (κ3) is 1.06. The highest BCUT2D eigenvalue weighted by atomic mass is 16.4. The Labute approximate surface area is 71.3 Å². The van der Waals surface area contributed by atoms with Gasteiger partial charge in [-0.3, -0.25) is 0 Å². The van der Waals surface area contributed by atoms with Gasteiger partial charge in [0.25, 0.3) is 0 Å². The second kappa shape index (κ2) is 2.62. The molecule has 0 radical (unpaired) electrons. The van der Waals surface area contributed by atoms with E-state index in [1.165, 1.54) is 0 Å². The van der Waals surface area contributed by atoms with E-state index >= 15 is 0 Å². The summed E-state index contributed by atoms with van der Waals surface area (Å²) in [6.07, 6.45) is 2.94. The molecule has 2 fully saturated rings. The molecule has 0 saturated carbocycles. The average Bonchev–Trinajstić information content (AvgIpc) is 2.24. The van der Waals surface area contributed by atoms with Crippen molar-refractivity contribution in [2.75, 3.05) is 0 Å². The molecule has 3 N–H and O–H groups in total. The molecule has 2 aliphatic rings. The van der Waals surface area contributed by atoms with E-state index in [1.54, 1.807) is 4.90 Å². The Balaban J connectivity index is 2.14. The van der Waals surface area contributed by atoms with Crippen LogP contribution in [-0.4, -0.2) is 34.2 Å². The van der Waals surface area contributed by atoms with Crippen molar-refractivity contribution >= 4 is 6.09 Å². The summed E-state index contributed by atoms with van der Waals surface area (Å²) < 4.78 is 0. The van der Waals surface area contributed by atoms with Crippen molar-refractivity contribution in [3.8, 4) is 0 Å². The fraction of sp³-hybridized carbons (Fsp3) is 0.875. The van der Waals surface area contributed by atoms with Crippen LogP contribution in [0, 0.1) is 0 Å². The number of piperidine rings is 1. The van der Waals surface area contributed by atoms with Gasteiger partial charge in [-0.2, -0.15) is 0 Å². The fourth-order valence-corrected chi connectivity index (χ4v) is 2.53. The zero-order chi connectivity index (χ0) is 8.72. The van der Waals surface area contributed by atoms with Crippen molar-refractivity contribution in [3.63, 3.8) is 0 Å². The average molecular weight is 170 g/mol. The first kappa shape index (κ1) is 7.86. The zero-order valence-electron chi connectivity index (χ0n) is 6.94. The van der Waals surface area contributed by atoms with Gasteiger partial charge in [0.05, 0.1) is 0 Å². The molecule has 0 aromatic rings. The maximum atomic E-state index is 10.8. The first-order chi connectivity index (χ1) is 5.68. The van der Waals surface area contributed by atoms with Gasteiger partial charge in [-0.1, -0.05) is 0 Å². The maximum Gasteiger partial charge on any atom is 0.407 e. The second-order valence-electron chi connectivity index (χ2n) is 3.81. The van der Waals surface area contributed by atoms with Crippen LogP contribution >= 0.6 is 0 Å². The number of carboxylic acid groups (broad SMARTS) is 1. The van der Waals surface area contributed by atoms with Gasteiger partial charge in [0.2, 0.25) is 0 Å². The van der Waals surface area contributed by atoms with Gasteiger partial charge in [0.1, 0.15) is 0 Å². The van der Waals surface area contributed by atoms with Gasteiger partial charge in [0.15, 0.2) is 0 Å². The van der Waals surface area contributed by atoms with Gasteiger partial charge in [-0.15, -0.1) is 0 Å². The van der Waals surface area contributed by atoms with Crippen LogP contribution < -0.4 is 5.73 Å². The van der Waals surface area contributed by atoms with Crippen LogP contribution in [0.15, 0.2) is 0 Å². The summed E-state index contributed by atoms with van der Waals surface area (Å²) >= 11 is 0. The predicted molar refractivity (Wildman–Crippen MR) is 43.9 cm³/mol. The third-order valence-electron chi connectivity index (χ3n) is 2.99. The summed E-state index contributed by atoms with van der Waals surface area (Å²) in [5.41, 5.74) is 5.80. The first-order valence-electron chi connectivity index (χ1n) is 4.45. The summed E-state index contributed by atoms with van der Waals surface area (Å²) in [6.45, 7) is 0. The highest BCUT2D eigenvalue weighted by Crippen LogP contribution is 2.34. The summed E-state index contributed by atoms with van der Waals surface area (Å²) in [5.74, 6) is 0. The van der Waals surface area contributed by atoms with Crippen LogP contribution in [0.5, 0.6) is 0 Å². The molecule has 2 rings (SSSR count). The van der Waals surface area contributed by atoms with Gasteiger partial charge in [-0.25, -0.2) is 4.79 Å². The smallest absolute Gasteiger partial charge is 0.407 e. The monoisotopic (exact) mass is 170 g/mol. The SMILES string of the molecule is NC1CC2CCC(C1)N2C(=O)O. The van der Waals surface area contributed by atoms with E-state index in [1.807, 2.05) is 0 Å². The van der Waals surface area contributed by atoms with Crippen molar-refractivity contribution in [1.29, 1.82) is 0 Å². The molecule has 0 aliphatic carbocycles. The van der Waals surface area contributed by atoms with Crippen LogP contribution in [-0.2, 0) is 0 Å². The summed E-state index contributed by atoms with van der Waals surface area (Å²) in [5, 5.41) is 8.89. The van der Waals surface area contributed by atoms with Crippen LogP contribution in [0.3, 0.4) is 0 Å². The van der Waals surface area contributed by atoms with Gasteiger partial charge in [-0.05, 0) is 25.7 Å². The Kier molecular flexibility index (Phi) is 1.72. The van der Waals surface area contributed by atoms with E-state index in [2.05, 4.69) is 0 Å². The molecule has 0 aromatic carbocycles. The highest BCUT2D eigenvalue weighted by Gasteiger charge is 2.42. The molecule has 2 unspecified atom stereocenters. The molecule has 2 saturated heterocycles. The molecule has 2 heterocycles. The quantitative estimate of drug-likeness (QED) is 0.560. The molecule has 2 bridgehead atoms. The minimum atomic E-state index is -0.769. The second-order valence-corrected chi connectivity index (χ2v) is 3.81. The Bertz CT molecular complexity index is 193. The van der Waals surface area contributed by atoms with Crippen molar-refractivity contribution in [3.05, 3.63) is 0 Å². The number of rotatable bonds is 0. The lowest BCUT2D eigenvalue weighted by Crippen LogP contribution is -2.49. The van der Waals surface area contributed by atoms with E-state index < -0.39 is 6.09 Å². The molecule has 12 heavy (non-hydrogen) atoms. The molecule has 0 spiro atoms. The standard InChI is InChI=1S/C8H14N2O2/c9-5-3-6-1-2-7(4-5)10(6)8(11)12/h5-7H,1-4,9H2,(H,11,12). The van der Waals surface area contributed by atoms with E-state index in [0.29, 0.717) is 0 Å². The zero-order valence-corrected chi connectivity index (χ0v) is 6.94. The molecule has 1 amide bonds. The van der Waals surface area contributed by atoms with Crippen LogP contribution in [0.2, 0.25) is 0 Å². The number of carbonyl (C=O) groups is 1. The molecule has 2 atom stereocenters. The number of nitrogens with two attached hydrogens (primary N) is 1. The summed E-state index contributed by atoms with van der Waals surface area (Å²) in [6, 6.07) is 0.630.